The van der Waals surface area contributed by atoms with Crippen molar-refractivity contribution in [1.82, 2.24) is 0 Å². The monoisotopic (exact) mass is 297 g/mol. The van der Waals surface area contributed by atoms with Gasteiger partial charge in [0, 0.05) is 16.3 Å². The van der Waals surface area contributed by atoms with Crippen LogP contribution in [-0.4, -0.2) is 0 Å². The van der Waals surface area contributed by atoms with Gasteiger partial charge >= 0.3 is 0 Å². The van der Waals surface area contributed by atoms with E-state index in [4.69, 9.17) is 28.9 Å². The van der Waals surface area contributed by atoms with Gasteiger partial charge in [-0.1, -0.05) is 47.5 Å². The largest absolute Gasteiger partial charge is 0.399 e. The number of halogens is 2. The van der Waals surface area contributed by atoms with Gasteiger partial charge in [-0.05, 0) is 30.2 Å². The summed E-state index contributed by atoms with van der Waals surface area (Å²) in [6.45, 7) is 2.10. The predicted octanol–water partition coefficient (Wildman–Crippen LogP) is 5.18. The van der Waals surface area contributed by atoms with Gasteiger partial charge in [0.25, 0.3) is 0 Å². The van der Waals surface area contributed by atoms with Gasteiger partial charge in [0.15, 0.2) is 0 Å². The predicted molar refractivity (Wildman–Crippen MR) is 81.6 cm³/mol. The zero-order valence-electron chi connectivity index (χ0n) is 9.91. The quantitative estimate of drug-likeness (QED) is 0.624. The minimum atomic E-state index is 0.588. The molecule has 0 amide bonds. The van der Waals surface area contributed by atoms with E-state index in [0.717, 1.165) is 10.6 Å². The molecule has 0 unspecified atom stereocenters. The summed E-state index contributed by atoms with van der Waals surface area (Å²) in [5.74, 6) is 0.843. The van der Waals surface area contributed by atoms with Crippen LogP contribution in [0.1, 0.15) is 11.1 Å². The molecule has 2 N–H and O–H groups in total. The highest BCUT2D eigenvalue weighted by atomic mass is 35.5. The van der Waals surface area contributed by atoms with Crippen molar-refractivity contribution < 1.29 is 0 Å². The lowest BCUT2D eigenvalue weighted by Gasteiger charge is -2.09. The van der Waals surface area contributed by atoms with Crippen LogP contribution in [0.25, 0.3) is 0 Å². The minimum Gasteiger partial charge on any atom is -0.399 e. The first-order chi connectivity index (χ1) is 8.58. The van der Waals surface area contributed by atoms with E-state index in [2.05, 4.69) is 19.1 Å². The first kappa shape index (κ1) is 13.6. The van der Waals surface area contributed by atoms with Crippen molar-refractivity contribution in [3.05, 3.63) is 57.6 Å². The van der Waals surface area contributed by atoms with E-state index in [1.807, 2.05) is 12.1 Å². The molecule has 94 valence electrons. The van der Waals surface area contributed by atoms with Crippen LogP contribution in [0.4, 0.5) is 5.69 Å². The number of hydrogen-bond acceptors (Lipinski definition) is 2. The average Bonchev–Trinajstić information content (AvgIpc) is 2.30. The zero-order chi connectivity index (χ0) is 13.1. The highest BCUT2D eigenvalue weighted by Gasteiger charge is 2.09. The molecule has 4 heteroatoms. The van der Waals surface area contributed by atoms with Gasteiger partial charge in [-0.25, -0.2) is 0 Å². The van der Waals surface area contributed by atoms with Crippen LogP contribution in [0.3, 0.4) is 0 Å². The summed E-state index contributed by atoms with van der Waals surface area (Å²) < 4.78 is 0. The summed E-state index contributed by atoms with van der Waals surface area (Å²) in [4.78, 5) is 0.885. The van der Waals surface area contributed by atoms with Crippen molar-refractivity contribution in [2.75, 3.05) is 5.73 Å². The maximum absolute atomic E-state index is 6.16. The molecule has 0 aliphatic rings. The molecule has 18 heavy (non-hydrogen) atoms. The second-order valence-electron chi connectivity index (χ2n) is 4.03. The number of aryl methyl sites for hydroxylation is 1. The van der Waals surface area contributed by atoms with Crippen molar-refractivity contribution in [1.29, 1.82) is 0 Å². The Bertz CT molecular complexity index is 546. The van der Waals surface area contributed by atoms with E-state index in [1.165, 1.54) is 11.1 Å². The molecule has 0 atom stereocenters. The summed E-state index contributed by atoms with van der Waals surface area (Å²) in [5, 5.41) is 1.22. The minimum absolute atomic E-state index is 0.588. The Labute approximate surface area is 121 Å². The Morgan fingerprint density at radius 3 is 2.33 bits per heavy atom. The Morgan fingerprint density at radius 1 is 1.11 bits per heavy atom. The number of nitrogens with two attached hydrogens (primary N) is 1. The lowest BCUT2D eigenvalue weighted by molar-refractivity contribution is 1.30. The Hall–Kier alpha value is -0.830. The number of hydrogen-bond donors (Lipinski definition) is 1. The summed E-state index contributed by atoms with van der Waals surface area (Å²) in [6, 6.07) is 11.7. The van der Waals surface area contributed by atoms with Crippen molar-refractivity contribution >= 4 is 40.7 Å². The maximum atomic E-state index is 6.16. The molecule has 0 aliphatic carbocycles. The van der Waals surface area contributed by atoms with E-state index >= 15 is 0 Å². The van der Waals surface area contributed by atoms with Crippen LogP contribution in [-0.2, 0) is 5.75 Å². The van der Waals surface area contributed by atoms with Gasteiger partial charge in [0.05, 0.1) is 10.0 Å². The Balaban J connectivity index is 2.19. The molecule has 0 fully saturated rings. The molecule has 2 rings (SSSR count). The van der Waals surface area contributed by atoms with Crippen LogP contribution in [0.15, 0.2) is 41.3 Å². The molecule has 1 nitrogen and oxygen atoms in total. The summed E-state index contributed by atoms with van der Waals surface area (Å²) >= 11 is 13.9. The molecule has 0 saturated heterocycles. The molecule has 0 heterocycles. The molecule has 2 aromatic rings. The van der Waals surface area contributed by atoms with Crippen LogP contribution in [0.2, 0.25) is 10.0 Å². The van der Waals surface area contributed by atoms with Crippen LogP contribution >= 0.6 is 35.0 Å². The number of nitrogen functional groups attached to an aromatic ring is 1. The second-order valence-corrected chi connectivity index (χ2v) is 5.83. The maximum Gasteiger partial charge on any atom is 0.0577 e. The highest BCUT2D eigenvalue weighted by Crippen LogP contribution is 2.37. The Morgan fingerprint density at radius 2 is 1.72 bits per heavy atom. The third-order valence-electron chi connectivity index (χ3n) is 2.65. The zero-order valence-corrected chi connectivity index (χ0v) is 12.2. The fourth-order valence-corrected chi connectivity index (χ4v) is 3.49. The molecule has 2 aromatic carbocycles. The summed E-state index contributed by atoms with van der Waals surface area (Å²) in [5.41, 5.74) is 8.82. The third kappa shape index (κ3) is 3.14. The van der Waals surface area contributed by atoms with E-state index in [1.54, 1.807) is 23.9 Å². The van der Waals surface area contributed by atoms with E-state index in [9.17, 15) is 0 Å². The van der Waals surface area contributed by atoms with Gasteiger partial charge < -0.3 is 5.73 Å². The van der Waals surface area contributed by atoms with Crippen molar-refractivity contribution in [2.45, 2.75) is 17.6 Å². The topological polar surface area (TPSA) is 26.0 Å². The van der Waals surface area contributed by atoms with Crippen LogP contribution < -0.4 is 5.73 Å². The number of rotatable bonds is 3. The van der Waals surface area contributed by atoms with Gasteiger partial charge in [-0.15, -0.1) is 11.8 Å². The smallest absolute Gasteiger partial charge is 0.0577 e. The molecule has 0 spiro atoms. The molecule has 0 aliphatic heterocycles. The number of anilines is 1. The van der Waals surface area contributed by atoms with Crippen molar-refractivity contribution in [2.24, 2.45) is 0 Å². The van der Waals surface area contributed by atoms with Crippen molar-refractivity contribution in [3.63, 3.8) is 0 Å². The molecule has 0 aromatic heterocycles. The first-order valence-corrected chi connectivity index (χ1v) is 7.24. The molecule has 0 saturated carbocycles. The summed E-state index contributed by atoms with van der Waals surface area (Å²) in [7, 11) is 0. The highest BCUT2D eigenvalue weighted by molar-refractivity contribution is 7.98. The van der Waals surface area contributed by atoms with Crippen LogP contribution in [0.5, 0.6) is 0 Å². The lowest BCUT2D eigenvalue weighted by atomic mass is 10.1. The first-order valence-electron chi connectivity index (χ1n) is 5.50. The molecule has 0 bridgehead atoms. The van der Waals surface area contributed by atoms with E-state index in [-0.39, 0.29) is 0 Å². The van der Waals surface area contributed by atoms with Crippen LogP contribution in [0, 0.1) is 6.92 Å². The fourth-order valence-electron chi connectivity index (χ4n) is 1.64. The van der Waals surface area contributed by atoms with Gasteiger partial charge in [0.2, 0.25) is 0 Å². The van der Waals surface area contributed by atoms with Gasteiger partial charge in [-0.3, -0.25) is 0 Å². The van der Waals surface area contributed by atoms with E-state index < -0.39 is 0 Å². The summed E-state index contributed by atoms with van der Waals surface area (Å²) in [6.07, 6.45) is 0. The fraction of sp³-hybridized carbons (Fsp3) is 0.143. The van der Waals surface area contributed by atoms with Gasteiger partial charge in [0.1, 0.15) is 0 Å². The van der Waals surface area contributed by atoms with Crippen molar-refractivity contribution in [3.8, 4) is 0 Å². The van der Waals surface area contributed by atoms with Gasteiger partial charge in [-0.2, -0.15) is 0 Å². The third-order valence-corrected chi connectivity index (χ3v) is 4.66. The Kier molecular flexibility index (Phi) is 4.44. The number of benzene rings is 2. The second kappa shape index (κ2) is 5.87. The molecule has 0 radical (unpaired) electrons. The molecular weight excluding hydrogens is 285 g/mol. The number of thioether (sulfide) groups is 1. The molecular formula is C14H13Cl2NS. The average molecular weight is 298 g/mol. The lowest BCUT2D eigenvalue weighted by Crippen LogP contribution is -1.89. The standard InChI is InChI=1S/C14H13Cl2NS/c1-9-4-2-3-5-10(9)8-18-14-12(15)6-11(17)7-13(14)16/h2-7H,8,17H2,1H3. The SMILES string of the molecule is Cc1ccccc1CSc1c(Cl)cc(N)cc1Cl. The van der Waals surface area contributed by atoms with E-state index in [0.29, 0.717) is 15.7 Å². The normalized spacial score (nSPS) is 10.6.